The first-order valence-electron chi connectivity index (χ1n) is 5.59. The number of halogens is 1. The van der Waals surface area contributed by atoms with E-state index < -0.39 is 0 Å². The van der Waals surface area contributed by atoms with Crippen LogP contribution in [-0.2, 0) is 9.59 Å². The van der Waals surface area contributed by atoms with Gasteiger partial charge < -0.3 is 21.1 Å². The van der Waals surface area contributed by atoms with Gasteiger partial charge in [0.25, 0.3) is 0 Å². The fraction of sp³-hybridized carbons (Fsp3) is 0.333. The average Bonchev–Trinajstić information content (AvgIpc) is 2.35. The van der Waals surface area contributed by atoms with E-state index >= 15 is 0 Å². The average molecular weight is 288 g/mol. The van der Waals surface area contributed by atoms with Gasteiger partial charge in [-0.25, -0.2) is 0 Å². The van der Waals surface area contributed by atoms with E-state index in [9.17, 15) is 9.59 Å². The van der Waals surface area contributed by atoms with Crippen molar-refractivity contribution < 1.29 is 14.3 Å². The Balaban J connectivity index is 0.00000324. The third-order valence-electron chi connectivity index (χ3n) is 2.02. The van der Waals surface area contributed by atoms with Crippen molar-refractivity contribution in [2.75, 3.05) is 25.0 Å². The molecule has 19 heavy (non-hydrogen) atoms. The van der Waals surface area contributed by atoms with Gasteiger partial charge in [-0.2, -0.15) is 0 Å². The van der Waals surface area contributed by atoms with Crippen molar-refractivity contribution in [3.05, 3.63) is 24.3 Å². The summed E-state index contributed by atoms with van der Waals surface area (Å²) in [6.07, 6.45) is 0. The third kappa shape index (κ3) is 7.28. The fourth-order valence-electron chi connectivity index (χ4n) is 1.22. The van der Waals surface area contributed by atoms with Crippen LogP contribution in [0.4, 0.5) is 5.69 Å². The molecule has 106 valence electrons. The Labute approximate surface area is 118 Å². The van der Waals surface area contributed by atoms with E-state index in [1.807, 2.05) is 0 Å². The van der Waals surface area contributed by atoms with Crippen molar-refractivity contribution in [2.24, 2.45) is 5.73 Å². The first-order chi connectivity index (χ1) is 8.61. The summed E-state index contributed by atoms with van der Waals surface area (Å²) in [5.41, 5.74) is 5.96. The summed E-state index contributed by atoms with van der Waals surface area (Å²) < 4.78 is 5.30. The van der Waals surface area contributed by atoms with Gasteiger partial charge in [0, 0.05) is 19.2 Å². The molecule has 0 unspecified atom stereocenters. The number of nitrogens with two attached hydrogens (primary N) is 1. The predicted octanol–water partition coefficient (Wildman–Crippen LogP) is 0.520. The molecule has 0 aliphatic rings. The fourth-order valence-corrected chi connectivity index (χ4v) is 1.22. The van der Waals surface area contributed by atoms with Crippen molar-refractivity contribution in [2.45, 2.75) is 6.92 Å². The maximum absolute atomic E-state index is 11.4. The molecule has 0 aliphatic carbocycles. The second-order valence-corrected chi connectivity index (χ2v) is 3.62. The van der Waals surface area contributed by atoms with Crippen LogP contribution in [0.25, 0.3) is 0 Å². The quantitative estimate of drug-likeness (QED) is 0.711. The minimum Gasteiger partial charge on any atom is -0.492 e. The van der Waals surface area contributed by atoms with Gasteiger partial charge in [0.15, 0.2) is 0 Å². The van der Waals surface area contributed by atoms with Gasteiger partial charge in [-0.15, -0.1) is 12.4 Å². The predicted molar refractivity (Wildman–Crippen MR) is 75.6 cm³/mol. The van der Waals surface area contributed by atoms with Crippen LogP contribution in [-0.4, -0.2) is 31.5 Å². The van der Waals surface area contributed by atoms with Crippen molar-refractivity contribution in [1.82, 2.24) is 5.32 Å². The van der Waals surface area contributed by atoms with E-state index in [1.54, 1.807) is 24.3 Å². The zero-order valence-corrected chi connectivity index (χ0v) is 11.5. The summed E-state index contributed by atoms with van der Waals surface area (Å²) in [6, 6.07) is 6.92. The number of hydrogen-bond donors (Lipinski definition) is 3. The number of carbonyl (C=O) groups is 2. The lowest BCUT2D eigenvalue weighted by molar-refractivity contribution is -0.122. The van der Waals surface area contributed by atoms with Crippen molar-refractivity contribution >= 4 is 29.9 Å². The van der Waals surface area contributed by atoms with E-state index in [-0.39, 0.29) is 30.8 Å². The molecule has 1 aromatic carbocycles. The summed E-state index contributed by atoms with van der Waals surface area (Å²) >= 11 is 0. The van der Waals surface area contributed by atoms with Crippen molar-refractivity contribution in [1.29, 1.82) is 0 Å². The Kier molecular flexibility index (Phi) is 8.32. The maximum Gasteiger partial charge on any atom is 0.243 e. The number of amides is 2. The van der Waals surface area contributed by atoms with Crippen molar-refractivity contribution in [3.63, 3.8) is 0 Å². The lowest BCUT2D eigenvalue weighted by Crippen LogP contribution is -2.31. The largest absolute Gasteiger partial charge is 0.492 e. The molecule has 2 amide bonds. The molecule has 4 N–H and O–H groups in total. The minimum atomic E-state index is -0.277. The number of carbonyl (C=O) groups excluding carboxylic acids is 2. The molecule has 1 aromatic rings. The molecule has 0 heterocycles. The Morgan fingerprint density at radius 1 is 1.26 bits per heavy atom. The molecule has 0 aliphatic heterocycles. The minimum absolute atomic E-state index is 0. The van der Waals surface area contributed by atoms with E-state index in [1.165, 1.54) is 6.92 Å². The molecule has 0 aromatic heterocycles. The molecular formula is C12H18ClN3O3. The number of rotatable bonds is 6. The Morgan fingerprint density at radius 3 is 2.42 bits per heavy atom. The number of nitrogens with one attached hydrogen (secondary N) is 2. The van der Waals surface area contributed by atoms with Gasteiger partial charge >= 0.3 is 0 Å². The molecule has 0 radical (unpaired) electrons. The molecule has 6 nitrogen and oxygen atoms in total. The second kappa shape index (κ2) is 9.18. The Bertz CT molecular complexity index is 409. The smallest absolute Gasteiger partial charge is 0.243 e. The van der Waals surface area contributed by atoms with Gasteiger partial charge in [-0.1, -0.05) is 0 Å². The standard InChI is InChI=1S/C12H17N3O3.ClH/c1-9(16)14-8-12(17)15-10-2-4-11(5-3-10)18-7-6-13;/h2-5H,6-8,13H2,1H3,(H,14,16)(H,15,17);1H. The van der Waals surface area contributed by atoms with Crippen LogP contribution in [0, 0.1) is 0 Å². The monoisotopic (exact) mass is 287 g/mol. The number of benzene rings is 1. The topological polar surface area (TPSA) is 93.5 Å². The highest BCUT2D eigenvalue weighted by Gasteiger charge is 2.03. The highest BCUT2D eigenvalue weighted by atomic mass is 35.5. The van der Waals surface area contributed by atoms with Crippen LogP contribution in [0.2, 0.25) is 0 Å². The lowest BCUT2D eigenvalue weighted by Gasteiger charge is -2.07. The van der Waals surface area contributed by atoms with Gasteiger partial charge in [-0.3, -0.25) is 9.59 Å². The lowest BCUT2D eigenvalue weighted by atomic mass is 10.3. The molecule has 1 rings (SSSR count). The number of anilines is 1. The molecule has 0 saturated heterocycles. The van der Waals surface area contributed by atoms with E-state index in [0.29, 0.717) is 24.6 Å². The molecule has 0 spiro atoms. The first-order valence-corrected chi connectivity index (χ1v) is 5.59. The van der Waals surface area contributed by atoms with Gasteiger partial charge in [-0.05, 0) is 24.3 Å². The highest BCUT2D eigenvalue weighted by molar-refractivity contribution is 5.94. The Hall–Kier alpha value is -1.79. The van der Waals surface area contributed by atoms with Crippen LogP contribution in [0.5, 0.6) is 5.75 Å². The van der Waals surface area contributed by atoms with Crippen molar-refractivity contribution in [3.8, 4) is 5.75 Å². The van der Waals surface area contributed by atoms with Gasteiger partial charge in [0.05, 0.1) is 6.54 Å². The molecule has 7 heteroatoms. The summed E-state index contributed by atoms with van der Waals surface area (Å²) in [6.45, 7) is 2.22. The zero-order chi connectivity index (χ0) is 13.4. The third-order valence-corrected chi connectivity index (χ3v) is 2.02. The zero-order valence-electron chi connectivity index (χ0n) is 10.6. The van der Waals surface area contributed by atoms with Gasteiger partial charge in [0.1, 0.15) is 12.4 Å². The molecular weight excluding hydrogens is 270 g/mol. The van der Waals surface area contributed by atoms with Crippen LogP contribution in [0.1, 0.15) is 6.92 Å². The second-order valence-electron chi connectivity index (χ2n) is 3.62. The van der Waals surface area contributed by atoms with E-state index in [2.05, 4.69) is 10.6 Å². The van der Waals surface area contributed by atoms with Crippen LogP contribution in [0.15, 0.2) is 24.3 Å². The molecule has 0 atom stereocenters. The number of hydrogen-bond acceptors (Lipinski definition) is 4. The molecule has 0 saturated carbocycles. The summed E-state index contributed by atoms with van der Waals surface area (Å²) in [4.78, 5) is 22.0. The summed E-state index contributed by atoms with van der Waals surface area (Å²) in [5.74, 6) is 0.178. The van der Waals surface area contributed by atoms with E-state index in [4.69, 9.17) is 10.5 Å². The van der Waals surface area contributed by atoms with Gasteiger partial charge in [0.2, 0.25) is 11.8 Å². The number of ether oxygens (including phenoxy) is 1. The summed E-state index contributed by atoms with van der Waals surface area (Å²) in [7, 11) is 0. The maximum atomic E-state index is 11.4. The first kappa shape index (κ1) is 17.2. The molecule has 0 fully saturated rings. The van der Waals surface area contributed by atoms with Crippen LogP contribution < -0.4 is 21.1 Å². The SMILES string of the molecule is CC(=O)NCC(=O)Nc1ccc(OCCN)cc1.Cl. The van der Waals surface area contributed by atoms with Crippen LogP contribution in [0.3, 0.4) is 0 Å². The summed E-state index contributed by atoms with van der Waals surface area (Å²) in [5, 5.41) is 5.06. The normalized spacial score (nSPS) is 9.16. The highest BCUT2D eigenvalue weighted by Crippen LogP contribution is 2.15. The Morgan fingerprint density at radius 2 is 1.89 bits per heavy atom. The molecule has 0 bridgehead atoms. The van der Waals surface area contributed by atoms with Crippen LogP contribution >= 0.6 is 12.4 Å². The van der Waals surface area contributed by atoms with E-state index in [0.717, 1.165) is 0 Å².